The maximum absolute atomic E-state index is 10.9. The summed E-state index contributed by atoms with van der Waals surface area (Å²) in [6.07, 6.45) is 6.53. The van der Waals surface area contributed by atoms with Crippen molar-refractivity contribution >= 4 is 5.82 Å². The molecule has 0 unspecified atom stereocenters. The molecule has 2 saturated heterocycles. The van der Waals surface area contributed by atoms with Crippen LogP contribution in [0.2, 0.25) is 0 Å². The second kappa shape index (κ2) is 10.2. The number of likely N-dealkylation sites (tertiary alicyclic amines) is 1. The molecule has 30 heavy (non-hydrogen) atoms. The third-order valence-electron chi connectivity index (χ3n) is 6.11. The second-order valence-electron chi connectivity index (χ2n) is 8.59. The Labute approximate surface area is 179 Å². The van der Waals surface area contributed by atoms with E-state index >= 15 is 0 Å². The molecule has 6 heteroatoms. The van der Waals surface area contributed by atoms with Crippen LogP contribution >= 0.6 is 0 Å². The molecule has 0 spiro atoms. The molecule has 4 rings (SSSR count). The Morgan fingerprint density at radius 2 is 1.97 bits per heavy atom. The fraction of sp³-hybridized carbons (Fsp3) is 0.542. The number of nitrogens with one attached hydrogen (secondary N) is 1. The summed E-state index contributed by atoms with van der Waals surface area (Å²) in [6, 6.07) is 14.2. The zero-order chi connectivity index (χ0) is 20.7. The number of hydrogen-bond acceptors (Lipinski definition) is 6. The normalized spacial score (nSPS) is 22.4. The molecule has 162 valence electrons. The van der Waals surface area contributed by atoms with Crippen molar-refractivity contribution in [2.24, 2.45) is 0 Å². The minimum absolute atomic E-state index is 0.566. The quantitative estimate of drug-likeness (QED) is 0.663. The number of hydrogen-bond donors (Lipinski definition) is 2. The lowest BCUT2D eigenvalue weighted by Crippen LogP contribution is -2.43. The van der Waals surface area contributed by atoms with Gasteiger partial charge in [0.15, 0.2) is 0 Å². The van der Waals surface area contributed by atoms with Gasteiger partial charge in [-0.25, -0.2) is 4.98 Å². The lowest BCUT2D eigenvalue weighted by atomic mass is 10.0. The summed E-state index contributed by atoms with van der Waals surface area (Å²) in [5.41, 5.74) is 0.453. The Bertz CT molecular complexity index is 782. The standard InChI is InChI=1S/C24H34N4O2/c29-24(10-14-28(20-24)23-9-2-3-11-26-23)19-25-18-21-7-6-8-22(17-21)30-16-15-27-12-4-1-5-13-27/h2-3,6-9,11,17,25,29H,1,4-5,10,12-16,18-20H2/t24-/m0/s1. The second-order valence-corrected chi connectivity index (χ2v) is 8.59. The molecule has 0 saturated carbocycles. The van der Waals surface area contributed by atoms with Crippen LogP contribution < -0.4 is 15.0 Å². The van der Waals surface area contributed by atoms with Crippen molar-refractivity contribution in [1.82, 2.24) is 15.2 Å². The van der Waals surface area contributed by atoms with Gasteiger partial charge >= 0.3 is 0 Å². The van der Waals surface area contributed by atoms with Crippen LogP contribution in [-0.2, 0) is 6.54 Å². The van der Waals surface area contributed by atoms with Crippen LogP contribution in [0.4, 0.5) is 5.82 Å². The van der Waals surface area contributed by atoms with Gasteiger partial charge in [-0.3, -0.25) is 4.90 Å². The molecule has 0 aliphatic carbocycles. The summed E-state index contributed by atoms with van der Waals surface area (Å²) in [5, 5.41) is 14.4. The van der Waals surface area contributed by atoms with Crippen LogP contribution in [0.25, 0.3) is 0 Å². The lowest BCUT2D eigenvalue weighted by molar-refractivity contribution is 0.0626. The first-order chi connectivity index (χ1) is 14.7. The van der Waals surface area contributed by atoms with E-state index in [4.69, 9.17) is 4.74 Å². The summed E-state index contributed by atoms with van der Waals surface area (Å²) < 4.78 is 5.98. The van der Waals surface area contributed by atoms with Gasteiger partial charge in [-0.15, -0.1) is 0 Å². The lowest BCUT2D eigenvalue weighted by Gasteiger charge is -2.26. The first kappa shape index (κ1) is 21.1. The summed E-state index contributed by atoms with van der Waals surface area (Å²) in [6.45, 7) is 6.86. The zero-order valence-corrected chi connectivity index (χ0v) is 17.8. The number of ether oxygens (including phenoxy) is 1. The Morgan fingerprint density at radius 1 is 1.07 bits per heavy atom. The predicted molar refractivity (Wildman–Crippen MR) is 120 cm³/mol. The third kappa shape index (κ3) is 5.94. The minimum Gasteiger partial charge on any atom is -0.492 e. The fourth-order valence-corrected chi connectivity index (χ4v) is 4.40. The third-order valence-corrected chi connectivity index (χ3v) is 6.11. The molecule has 2 aliphatic heterocycles. The van der Waals surface area contributed by atoms with Gasteiger partial charge in [0, 0.05) is 38.9 Å². The van der Waals surface area contributed by atoms with Crippen LogP contribution in [0, 0.1) is 0 Å². The number of aliphatic hydroxyl groups is 1. The number of piperidine rings is 1. The molecule has 0 amide bonds. The van der Waals surface area contributed by atoms with E-state index in [-0.39, 0.29) is 0 Å². The molecule has 1 atom stereocenters. The molecule has 1 aromatic heterocycles. The van der Waals surface area contributed by atoms with Crippen LogP contribution in [0.5, 0.6) is 5.75 Å². The average Bonchev–Trinajstić information content (AvgIpc) is 3.18. The predicted octanol–water partition coefficient (Wildman–Crippen LogP) is 2.68. The van der Waals surface area contributed by atoms with Crippen molar-refractivity contribution in [2.45, 2.75) is 37.8 Å². The highest BCUT2D eigenvalue weighted by Crippen LogP contribution is 2.25. The Morgan fingerprint density at radius 3 is 2.80 bits per heavy atom. The first-order valence-electron chi connectivity index (χ1n) is 11.2. The SMILES string of the molecule is O[C@]1(CNCc2cccc(OCCN3CCCCC3)c2)CCN(c2ccccn2)C1. The smallest absolute Gasteiger partial charge is 0.128 e. The monoisotopic (exact) mass is 410 g/mol. The zero-order valence-electron chi connectivity index (χ0n) is 17.8. The number of nitrogens with zero attached hydrogens (tertiary/aromatic N) is 3. The highest BCUT2D eigenvalue weighted by molar-refractivity contribution is 5.40. The molecular weight excluding hydrogens is 376 g/mol. The van der Waals surface area contributed by atoms with E-state index in [1.165, 1.54) is 37.9 Å². The Hall–Kier alpha value is -2.15. The molecule has 2 N–H and O–H groups in total. The van der Waals surface area contributed by atoms with E-state index in [1.54, 1.807) is 6.20 Å². The van der Waals surface area contributed by atoms with Crippen molar-refractivity contribution in [2.75, 3.05) is 50.8 Å². The number of anilines is 1. The van der Waals surface area contributed by atoms with Crippen LogP contribution in [0.1, 0.15) is 31.2 Å². The van der Waals surface area contributed by atoms with Gasteiger partial charge < -0.3 is 20.1 Å². The van der Waals surface area contributed by atoms with E-state index in [2.05, 4.69) is 32.2 Å². The van der Waals surface area contributed by atoms with Crippen molar-refractivity contribution in [3.63, 3.8) is 0 Å². The molecule has 1 aromatic carbocycles. The van der Waals surface area contributed by atoms with Crippen molar-refractivity contribution in [3.8, 4) is 5.75 Å². The molecule has 0 radical (unpaired) electrons. The average molecular weight is 411 g/mol. The van der Waals surface area contributed by atoms with Gasteiger partial charge in [0.05, 0.1) is 5.60 Å². The largest absolute Gasteiger partial charge is 0.492 e. The van der Waals surface area contributed by atoms with Crippen molar-refractivity contribution in [3.05, 3.63) is 54.2 Å². The van der Waals surface area contributed by atoms with E-state index in [1.807, 2.05) is 30.3 Å². The molecule has 6 nitrogen and oxygen atoms in total. The topological polar surface area (TPSA) is 60.9 Å². The molecular formula is C24H34N4O2. The van der Waals surface area contributed by atoms with E-state index in [0.29, 0.717) is 13.1 Å². The van der Waals surface area contributed by atoms with E-state index in [9.17, 15) is 5.11 Å². The Balaban J connectivity index is 1.20. The van der Waals surface area contributed by atoms with E-state index < -0.39 is 5.60 Å². The summed E-state index contributed by atoms with van der Waals surface area (Å²) in [4.78, 5) is 9.04. The fourth-order valence-electron chi connectivity index (χ4n) is 4.40. The van der Waals surface area contributed by atoms with Gasteiger partial charge in [0.2, 0.25) is 0 Å². The highest BCUT2D eigenvalue weighted by atomic mass is 16.5. The Kier molecular flexibility index (Phi) is 7.20. The molecule has 2 fully saturated rings. The van der Waals surface area contributed by atoms with Crippen LogP contribution in [0.15, 0.2) is 48.7 Å². The van der Waals surface area contributed by atoms with Gasteiger partial charge in [0.25, 0.3) is 0 Å². The minimum atomic E-state index is -0.722. The van der Waals surface area contributed by atoms with Crippen LogP contribution in [-0.4, -0.2) is 66.5 Å². The van der Waals surface area contributed by atoms with Gasteiger partial charge in [-0.1, -0.05) is 24.6 Å². The molecule has 2 aliphatic rings. The maximum Gasteiger partial charge on any atom is 0.128 e. The molecule has 0 bridgehead atoms. The van der Waals surface area contributed by atoms with Gasteiger partial charge in [-0.05, 0) is 62.2 Å². The molecule has 2 aromatic rings. The summed E-state index contributed by atoms with van der Waals surface area (Å²) >= 11 is 0. The first-order valence-corrected chi connectivity index (χ1v) is 11.2. The number of benzene rings is 1. The summed E-state index contributed by atoms with van der Waals surface area (Å²) in [5.74, 6) is 1.86. The molecule has 3 heterocycles. The summed E-state index contributed by atoms with van der Waals surface area (Å²) in [7, 11) is 0. The maximum atomic E-state index is 10.9. The van der Waals surface area contributed by atoms with E-state index in [0.717, 1.165) is 44.2 Å². The number of rotatable bonds is 9. The van der Waals surface area contributed by atoms with Gasteiger partial charge in [-0.2, -0.15) is 0 Å². The highest BCUT2D eigenvalue weighted by Gasteiger charge is 2.36. The van der Waals surface area contributed by atoms with Crippen molar-refractivity contribution in [1.29, 1.82) is 0 Å². The van der Waals surface area contributed by atoms with Crippen molar-refractivity contribution < 1.29 is 9.84 Å². The number of aromatic nitrogens is 1. The number of pyridine rings is 1. The van der Waals surface area contributed by atoms with Gasteiger partial charge in [0.1, 0.15) is 18.2 Å². The number of β-amino-alcohol motifs (C(OH)–C–C–N with tert-alkyl or cyclic N) is 1. The van der Waals surface area contributed by atoms with Crippen LogP contribution in [0.3, 0.4) is 0 Å².